The summed E-state index contributed by atoms with van der Waals surface area (Å²) >= 11 is 0. The molecule has 54 valence electrons. The van der Waals surface area contributed by atoms with Crippen LogP contribution in [0.1, 0.15) is 5.82 Å². The minimum absolute atomic E-state index is 0.331. The van der Waals surface area contributed by atoms with Crippen LogP contribution < -0.4 is 0 Å². The first-order chi connectivity index (χ1) is 4.72. The molecule has 0 saturated heterocycles. The molecule has 0 spiro atoms. The average molecular weight is 139 g/mol. The van der Waals surface area contributed by atoms with Gasteiger partial charge in [0.15, 0.2) is 11.7 Å². The third kappa shape index (κ3) is 1.12. The SMILES string of the molecule is CN(C)C(=N)c1ncn[nH]1. The lowest BCUT2D eigenvalue weighted by atomic mass is 10.5. The van der Waals surface area contributed by atoms with Crippen molar-refractivity contribution in [2.24, 2.45) is 0 Å². The summed E-state index contributed by atoms with van der Waals surface area (Å²) in [7, 11) is 3.57. The van der Waals surface area contributed by atoms with E-state index in [1.807, 2.05) is 0 Å². The van der Waals surface area contributed by atoms with Crippen LogP contribution in [0.4, 0.5) is 0 Å². The molecule has 0 unspecified atom stereocenters. The quantitative estimate of drug-likeness (QED) is 0.414. The highest BCUT2D eigenvalue weighted by molar-refractivity contribution is 5.92. The molecule has 2 N–H and O–H groups in total. The van der Waals surface area contributed by atoms with Crippen LogP contribution in [0.3, 0.4) is 0 Å². The number of amidine groups is 1. The number of H-pyrrole nitrogens is 1. The zero-order chi connectivity index (χ0) is 7.56. The van der Waals surface area contributed by atoms with E-state index in [9.17, 15) is 0 Å². The van der Waals surface area contributed by atoms with Crippen molar-refractivity contribution in [2.75, 3.05) is 14.1 Å². The van der Waals surface area contributed by atoms with E-state index in [4.69, 9.17) is 5.41 Å². The maximum Gasteiger partial charge on any atom is 0.190 e. The molecule has 5 heteroatoms. The number of hydrogen-bond acceptors (Lipinski definition) is 3. The third-order valence-corrected chi connectivity index (χ3v) is 1.09. The first-order valence-corrected chi connectivity index (χ1v) is 2.83. The lowest BCUT2D eigenvalue weighted by Gasteiger charge is -2.09. The van der Waals surface area contributed by atoms with Gasteiger partial charge in [0.05, 0.1) is 0 Å². The van der Waals surface area contributed by atoms with Gasteiger partial charge in [-0.25, -0.2) is 4.98 Å². The summed E-state index contributed by atoms with van der Waals surface area (Å²) in [5.41, 5.74) is 0. The highest BCUT2D eigenvalue weighted by Gasteiger charge is 2.04. The minimum Gasteiger partial charge on any atom is -0.360 e. The van der Waals surface area contributed by atoms with Crippen molar-refractivity contribution in [1.29, 1.82) is 5.41 Å². The molecule has 0 saturated carbocycles. The lowest BCUT2D eigenvalue weighted by molar-refractivity contribution is 0.614. The third-order valence-electron chi connectivity index (χ3n) is 1.09. The second kappa shape index (κ2) is 2.47. The molecule has 1 heterocycles. The number of nitrogens with zero attached hydrogens (tertiary/aromatic N) is 3. The largest absolute Gasteiger partial charge is 0.360 e. The topological polar surface area (TPSA) is 68.7 Å². The van der Waals surface area contributed by atoms with Gasteiger partial charge in [-0.2, -0.15) is 5.10 Å². The van der Waals surface area contributed by atoms with E-state index in [1.165, 1.54) is 6.33 Å². The van der Waals surface area contributed by atoms with Crippen molar-refractivity contribution < 1.29 is 0 Å². The van der Waals surface area contributed by atoms with Crippen molar-refractivity contribution in [3.05, 3.63) is 12.2 Å². The predicted octanol–water partition coefficient (Wildman–Crippen LogP) is -0.308. The number of aromatic amines is 1. The van der Waals surface area contributed by atoms with E-state index in [0.717, 1.165) is 0 Å². The molecule has 1 aromatic heterocycles. The molecule has 0 fully saturated rings. The Kier molecular flexibility index (Phi) is 1.66. The maximum atomic E-state index is 7.39. The summed E-state index contributed by atoms with van der Waals surface area (Å²) in [6.45, 7) is 0. The Morgan fingerprint density at radius 1 is 1.70 bits per heavy atom. The summed E-state index contributed by atoms with van der Waals surface area (Å²) < 4.78 is 0. The Hall–Kier alpha value is -1.39. The molecule has 5 nitrogen and oxygen atoms in total. The van der Waals surface area contributed by atoms with Crippen LogP contribution in [0.5, 0.6) is 0 Å². The highest BCUT2D eigenvalue weighted by atomic mass is 15.2. The van der Waals surface area contributed by atoms with E-state index >= 15 is 0 Å². The fourth-order valence-corrected chi connectivity index (χ4v) is 0.531. The molecule has 0 aliphatic heterocycles. The second-order valence-electron chi connectivity index (χ2n) is 2.08. The summed E-state index contributed by atoms with van der Waals surface area (Å²) in [5.74, 6) is 0.822. The molecule has 10 heavy (non-hydrogen) atoms. The first kappa shape index (κ1) is 6.73. The van der Waals surface area contributed by atoms with E-state index in [-0.39, 0.29) is 0 Å². The van der Waals surface area contributed by atoms with Gasteiger partial charge in [0.2, 0.25) is 0 Å². The first-order valence-electron chi connectivity index (χ1n) is 2.83. The van der Waals surface area contributed by atoms with Crippen LogP contribution >= 0.6 is 0 Å². The number of nitrogens with one attached hydrogen (secondary N) is 2. The molecular formula is C5H9N5. The average Bonchev–Trinajstić information content (AvgIpc) is 2.36. The van der Waals surface area contributed by atoms with Crippen molar-refractivity contribution >= 4 is 5.84 Å². The summed E-state index contributed by atoms with van der Waals surface area (Å²) in [6.07, 6.45) is 1.38. The highest BCUT2D eigenvalue weighted by Crippen LogP contribution is 1.89. The van der Waals surface area contributed by atoms with Gasteiger partial charge < -0.3 is 4.90 Å². The summed E-state index contributed by atoms with van der Waals surface area (Å²) in [4.78, 5) is 5.46. The number of aromatic nitrogens is 3. The Morgan fingerprint density at radius 3 is 2.80 bits per heavy atom. The van der Waals surface area contributed by atoms with Gasteiger partial charge in [0.1, 0.15) is 6.33 Å². The summed E-state index contributed by atoms with van der Waals surface area (Å²) in [6, 6.07) is 0. The maximum absolute atomic E-state index is 7.39. The monoisotopic (exact) mass is 139 g/mol. The molecule has 0 aromatic carbocycles. The Labute approximate surface area is 58.6 Å². The van der Waals surface area contributed by atoms with Gasteiger partial charge in [0, 0.05) is 14.1 Å². The van der Waals surface area contributed by atoms with Crippen molar-refractivity contribution in [3.8, 4) is 0 Å². The molecule has 0 aliphatic rings. The van der Waals surface area contributed by atoms with Gasteiger partial charge >= 0.3 is 0 Å². The van der Waals surface area contributed by atoms with E-state index in [1.54, 1.807) is 19.0 Å². The molecule has 0 aliphatic carbocycles. The van der Waals surface area contributed by atoms with Crippen molar-refractivity contribution in [3.63, 3.8) is 0 Å². The van der Waals surface area contributed by atoms with Crippen molar-refractivity contribution in [1.82, 2.24) is 20.1 Å². The fourth-order valence-electron chi connectivity index (χ4n) is 0.531. The molecule has 0 radical (unpaired) electrons. The van der Waals surface area contributed by atoms with Crippen LogP contribution in [0, 0.1) is 5.41 Å². The number of rotatable bonds is 1. The van der Waals surface area contributed by atoms with E-state index < -0.39 is 0 Å². The molecule has 0 amide bonds. The minimum atomic E-state index is 0.331. The van der Waals surface area contributed by atoms with Crippen LogP contribution in [-0.2, 0) is 0 Å². The molecule has 0 bridgehead atoms. The lowest BCUT2D eigenvalue weighted by Crippen LogP contribution is -2.22. The van der Waals surface area contributed by atoms with Crippen LogP contribution in [0.15, 0.2) is 6.33 Å². The van der Waals surface area contributed by atoms with E-state index in [0.29, 0.717) is 11.7 Å². The normalized spacial score (nSPS) is 9.40. The molecule has 0 atom stereocenters. The van der Waals surface area contributed by atoms with Gasteiger partial charge in [-0.05, 0) is 0 Å². The molecular weight excluding hydrogens is 130 g/mol. The van der Waals surface area contributed by atoms with Gasteiger partial charge in [0.25, 0.3) is 0 Å². The Bertz CT molecular complexity index is 212. The second-order valence-corrected chi connectivity index (χ2v) is 2.08. The Balaban J connectivity index is 2.78. The zero-order valence-corrected chi connectivity index (χ0v) is 5.92. The molecule has 1 aromatic rings. The van der Waals surface area contributed by atoms with Crippen LogP contribution in [0.2, 0.25) is 0 Å². The van der Waals surface area contributed by atoms with Gasteiger partial charge in [-0.1, -0.05) is 0 Å². The fraction of sp³-hybridized carbons (Fsp3) is 0.400. The summed E-state index contributed by atoms with van der Waals surface area (Å²) in [5, 5.41) is 13.6. The van der Waals surface area contributed by atoms with Crippen LogP contribution in [-0.4, -0.2) is 40.0 Å². The Morgan fingerprint density at radius 2 is 2.40 bits per heavy atom. The van der Waals surface area contributed by atoms with Gasteiger partial charge in [-0.15, -0.1) is 0 Å². The number of hydrogen-bond donors (Lipinski definition) is 2. The standard InChI is InChI=1S/C5H9N5/c1-10(2)4(6)5-7-3-8-9-5/h3,6H,1-2H3,(H,7,8,9). The predicted molar refractivity (Wildman–Crippen MR) is 36.9 cm³/mol. The smallest absolute Gasteiger partial charge is 0.190 e. The van der Waals surface area contributed by atoms with Crippen molar-refractivity contribution in [2.45, 2.75) is 0 Å². The van der Waals surface area contributed by atoms with E-state index in [2.05, 4.69) is 15.2 Å². The zero-order valence-electron chi connectivity index (χ0n) is 5.92. The van der Waals surface area contributed by atoms with Gasteiger partial charge in [-0.3, -0.25) is 10.5 Å². The van der Waals surface area contributed by atoms with Crippen LogP contribution in [0.25, 0.3) is 0 Å². The molecule has 1 rings (SSSR count).